The summed E-state index contributed by atoms with van der Waals surface area (Å²) in [5, 5.41) is 10.1. The molecule has 6 heteroatoms. The van der Waals surface area contributed by atoms with Crippen molar-refractivity contribution in [3.05, 3.63) is 59.3 Å². The average molecular weight is 268 g/mol. The zero-order chi connectivity index (χ0) is 14.0. The first-order valence-electron chi connectivity index (χ1n) is 5.45. The summed E-state index contributed by atoms with van der Waals surface area (Å²) in [5.74, 6) is 0.0902. The fraction of sp³-hybridized carbons (Fsp3) is 0.154. The number of anilines is 1. The maximum atomic E-state index is 12.6. The van der Waals surface area contributed by atoms with E-state index in [9.17, 15) is 18.3 Å². The van der Waals surface area contributed by atoms with Crippen LogP contribution >= 0.6 is 0 Å². The van der Waals surface area contributed by atoms with Gasteiger partial charge in [0.15, 0.2) is 0 Å². The van der Waals surface area contributed by atoms with Gasteiger partial charge in [-0.15, -0.1) is 0 Å². The second kappa shape index (κ2) is 4.89. The molecule has 2 rings (SSSR count). The van der Waals surface area contributed by atoms with Crippen LogP contribution < -0.4 is 5.73 Å². The van der Waals surface area contributed by atoms with Crippen LogP contribution in [0.2, 0.25) is 0 Å². The van der Waals surface area contributed by atoms with Crippen molar-refractivity contribution < 1.29 is 18.3 Å². The first-order chi connectivity index (χ1) is 8.89. The minimum Gasteiger partial charge on any atom is -0.384 e. The smallest absolute Gasteiger partial charge is 0.384 e. The van der Waals surface area contributed by atoms with Crippen molar-refractivity contribution in [2.24, 2.45) is 0 Å². The van der Waals surface area contributed by atoms with Crippen LogP contribution in [0.1, 0.15) is 22.8 Å². The molecule has 0 spiro atoms. The lowest BCUT2D eigenvalue weighted by Gasteiger charge is -2.15. The third-order valence-electron chi connectivity index (χ3n) is 2.70. The number of nitrogens with two attached hydrogens (primary N) is 1. The summed E-state index contributed by atoms with van der Waals surface area (Å²) >= 11 is 0. The molecule has 19 heavy (non-hydrogen) atoms. The van der Waals surface area contributed by atoms with E-state index in [4.69, 9.17) is 5.73 Å². The minimum atomic E-state index is -4.45. The van der Waals surface area contributed by atoms with E-state index in [1.165, 1.54) is 24.4 Å². The zero-order valence-electron chi connectivity index (χ0n) is 9.72. The van der Waals surface area contributed by atoms with Gasteiger partial charge in [0.2, 0.25) is 0 Å². The van der Waals surface area contributed by atoms with Crippen LogP contribution in [0.4, 0.5) is 19.0 Å². The molecule has 1 atom stereocenters. The molecule has 3 nitrogen and oxygen atoms in total. The number of nitrogen functional groups attached to an aromatic ring is 1. The molecule has 0 fully saturated rings. The molecule has 0 saturated heterocycles. The number of hydrogen-bond donors (Lipinski definition) is 2. The SMILES string of the molecule is Nc1ncccc1C(O)c1cccc(C(F)(F)F)c1. The summed E-state index contributed by atoms with van der Waals surface area (Å²) in [6.07, 6.45) is -4.25. The summed E-state index contributed by atoms with van der Waals surface area (Å²) in [7, 11) is 0. The second-order valence-electron chi connectivity index (χ2n) is 4.00. The van der Waals surface area contributed by atoms with Crippen LogP contribution in [-0.2, 0) is 6.18 Å². The largest absolute Gasteiger partial charge is 0.416 e. The fourth-order valence-electron chi connectivity index (χ4n) is 1.73. The maximum Gasteiger partial charge on any atom is 0.416 e. The number of benzene rings is 1. The Bertz CT molecular complexity index is 584. The third kappa shape index (κ3) is 2.85. The lowest BCUT2D eigenvalue weighted by Crippen LogP contribution is -2.09. The van der Waals surface area contributed by atoms with Crippen LogP contribution in [0.25, 0.3) is 0 Å². The van der Waals surface area contributed by atoms with Crippen molar-refractivity contribution in [2.75, 3.05) is 5.73 Å². The van der Waals surface area contributed by atoms with E-state index in [1.807, 2.05) is 0 Å². The molecule has 0 saturated carbocycles. The number of hydrogen-bond acceptors (Lipinski definition) is 3. The Labute approximate surface area is 107 Å². The predicted octanol–water partition coefficient (Wildman–Crippen LogP) is 2.76. The van der Waals surface area contributed by atoms with Gasteiger partial charge in [0, 0.05) is 11.8 Å². The first kappa shape index (κ1) is 13.4. The number of rotatable bonds is 2. The molecule has 0 aliphatic carbocycles. The van der Waals surface area contributed by atoms with Crippen LogP contribution in [0.15, 0.2) is 42.6 Å². The Morgan fingerprint density at radius 3 is 2.53 bits per heavy atom. The normalized spacial score (nSPS) is 13.3. The Balaban J connectivity index is 2.40. The van der Waals surface area contributed by atoms with Crippen molar-refractivity contribution in [1.29, 1.82) is 0 Å². The van der Waals surface area contributed by atoms with Gasteiger partial charge in [0.25, 0.3) is 0 Å². The van der Waals surface area contributed by atoms with E-state index in [2.05, 4.69) is 4.98 Å². The number of aromatic nitrogens is 1. The van der Waals surface area contributed by atoms with Gasteiger partial charge in [-0.05, 0) is 23.8 Å². The molecule has 0 radical (unpaired) electrons. The van der Waals surface area contributed by atoms with Gasteiger partial charge in [-0.2, -0.15) is 13.2 Å². The highest BCUT2D eigenvalue weighted by Crippen LogP contribution is 2.32. The molecule has 3 N–H and O–H groups in total. The summed E-state index contributed by atoms with van der Waals surface area (Å²) in [6, 6.07) is 7.58. The highest BCUT2D eigenvalue weighted by Gasteiger charge is 2.31. The van der Waals surface area contributed by atoms with Gasteiger partial charge in [-0.3, -0.25) is 0 Å². The van der Waals surface area contributed by atoms with Crippen molar-refractivity contribution in [1.82, 2.24) is 4.98 Å². The minimum absolute atomic E-state index is 0.0902. The highest BCUT2D eigenvalue weighted by molar-refractivity contribution is 5.44. The lowest BCUT2D eigenvalue weighted by atomic mass is 10.00. The topological polar surface area (TPSA) is 59.1 Å². The molecular weight excluding hydrogens is 257 g/mol. The fourth-order valence-corrected chi connectivity index (χ4v) is 1.73. The summed E-state index contributed by atoms with van der Waals surface area (Å²) in [4.78, 5) is 3.79. The summed E-state index contributed by atoms with van der Waals surface area (Å²) in [5.41, 5.74) is 5.18. The van der Waals surface area contributed by atoms with Crippen LogP contribution in [0, 0.1) is 0 Å². The number of alkyl halides is 3. The quantitative estimate of drug-likeness (QED) is 0.880. The lowest BCUT2D eigenvalue weighted by molar-refractivity contribution is -0.137. The number of halogens is 3. The Morgan fingerprint density at radius 1 is 1.16 bits per heavy atom. The first-order valence-corrected chi connectivity index (χ1v) is 5.45. The predicted molar refractivity (Wildman–Crippen MR) is 64.2 cm³/mol. The van der Waals surface area contributed by atoms with Gasteiger partial charge in [0.05, 0.1) is 5.56 Å². The monoisotopic (exact) mass is 268 g/mol. The van der Waals surface area contributed by atoms with E-state index in [-0.39, 0.29) is 16.9 Å². The molecule has 1 aromatic heterocycles. The van der Waals surface area contributed by atoms with Gasteiger partial charge in [0.1, 0.15) is 11.9 Å². The highest BCUT2D eigenvalue weighted by atomic mass is 19.4. The molecule has 0 aliphatic rings. The third-order valence-corrected chi connectivity index (χ3v) is 2.70. The standard InChI is InChI=1S/C13H11F3N2O/c14-13(15,16)9-4-1-3-8(7-9)11(19)10-5-2-6-18-12(10)17/h1-7,11,19H,(H2,17,18). The van der Waals surface area contributed by atoms with Crippen LogP contribution in [0.3, 0.4) is 0 Å². The molecule has 100 valence electrons. The summed E-state index contributed by atoms with van der Waals surface area (Å²) < 4.78 is 37.8. The van der Waals surface area contributed by atoms with Crippen molar-refractivity contribution in [2.45, 2.75) is 12.3 Å². The molecule has 1 heterocycles. The Hall–Kier alpha value is -2.08. The van der Waals surface area contributed by atoms with E-state index < -0.39 is 17.8 Å². The molecule has 0 amide bonds. The van der Waals surface area contributed by atoms with Crippen LogP contribution in [-0.4, -0.2) is 10.1 Å². The molecule has 1 aromatic carbocycles. The number of aliphatic hydroxyl groups excluding tert-OH is 1. The van der Waals surface area contributed by atoms with E-state index in [1.54, 1.807) is 6.07 Å². The van der Waals surface area contributed by atoms with Gasteiger partial charge in [-0.25, -0.2) is 4.98 Å². The number of nitrogens with zero attached hydrogens (tertiary/aromatic N) is 1. The summed E-state index contributed by atoms with van der Waals surface area (Å²) in [6.45, 7) is 0. The van der Waals surface area contributed by atoms with Crippen molar-refractivity contribution in [3.63, 3.8) is 0 Å². The van der Waals surface area contributed by atoms with E-state index >= 15 is 0 Å². The van der Waals surface area contributed by atoms with Gasteiger partial charge >= 0.3 is 6.18 Å². The Kier molecular flexibility index (Phi) is 3.44. The molecular formula is C13H11F3N2O. The van der Waals surface area contributed by atoms with Gasteiger partial charge in [-0.1, -0.05) is 18.2 Å². The average Bonchev–Trinajstić information content (AvgIpc) is 2.38. The Morgan fingerprint density at radius 2 is 1.89 bits per heavy atom. The van der Waals surface area contributed by atoms with Crippen LogP contribution in [0.5, 0.6) is 0 Å². The maximum absolute atomic E-state index is 12.6. The second-order valence-corrected chi connectivity index (χ2v) is 4.00. The molecule has 0 aliphatic heterocycles. The van der Waals surface area contributed by atoms with E-state index in [0.717, 1.165) is 12.1 Å². The molecule has 0 bridgehead atoms. The number of pyridine rings is 1. The zero-order valence-corrected chi connectivity index (χ0v) is 9.72. The van der Waals surface area contributed by atoms with E-state index in [0.29, 0.717) is 0 Å². The van der Waals surface area contributed by atoms with Gasteiger partial charge < -0.3 is 10.8 Å². The van der Waals surface area contributed by atoms with Crippen molar-refractivity contribution in [3.8, 4) is 0 Å². The molecule has 1 unspecified atom stereocenters. The number of aliphatic hydroxyl groups is 1. The van der Waals surface area contributed by atoms with Crippen molar-refractivity contribution >= 4 is 5.82 Å². The molecule has 2 aromatic rings.